The number of ether oxygens (including phenoxy) is 1. The van der Waals surface area contributed by atoms with Crippen LogP contribution in [0.25, 0.3) is 0 Å². The summed E-state index contributed by atoms with van der Waals surface area (Å²) in [6, 6.07) is 7.90. The second-order valence-corrected chi connectivity index (χ2v) is 4.43. The van der Waals surface area contributed by atoms with Crippen LogP contribution >= 0.6 is 0 Å². The lowest BCUT2D eigenvalue weighted by Gasteiger charge is -2.40. The first-order valence-electron chi connectivity index (χ1n) is 6.10. The molecule has 1 aliphatic heterocycles. The van der Waals surface area contributed by atoms with Gasteiger partial charge in [-0.3, -0.25) is 4.79 Å². The van der Waals surface area contributed by atoms with E-state index in [1.165, 1.54) is 6.20 Å². The summed E-state index contributed by atoms with van der Waals surface area (Å²) >= 11 is 0. The van der Waals surface area contributed by atoms with E-state index in [9.17, 15) is 4.79 Å². The van der Waals surface area contributed by atoms with Gasteiger partial charge in [-0.15, -0.1) is 0 Å². The van der Waals surface area contributed by atoms with Crippen LogP contribution in [0.4, 0.5) is 0 Å². The smallest absolute Gasteiger partial charge is 0.276 e. The van der Waals surface area contributed by atoms with Crippen molar-refractivity contribution in [3.05, 3.63) is 41.7 Å². The lowest BCUT2D eigenvalue weighted by Crippen LogP contribution is -2.45. The van der Waals surface area contributed by atoms with E-state index < -0.39 is 0 Å². The van der Waals surface area contributed by atoms with Crippen molar-refractivity contribution in [2.45, 2.75) is 12.5 Å². The molecule has 0 spiro atoms. The molecule has 6 heteroatoms. The van der Waals surface area contributed by atoms with Crippen LogP contribution in [-0.2, 0) is 0 Å². The van der Waals surface area contributed by atoms with Crippen LogP contribution in [0.5, 0.6) is 5.75 Å². The molecule has 1 fully saturated rings. The molecular weight excluding hydrogens is 244 g/mol. The molecule has 19 heavy (non-hydrogen) atoms. The number of methoxy groups -OCH3 is 1. The summed E-state index contributed by atoms with van der Waals surface area (Å²) < 4.78 is 5.21. The topological polar surface area (TPSA) is 71.1 Å². The molecule has 2 aromatic rings. The first-order chi connectivity index (χ1) is 9.29. The minimum absolute atomic E-state index is 0.0900. The monoisotopic (exact) mass is 258 g/mol. The van der Waals surface area contributed by atoms with Crippen molar-refractivity contribution in [2.75, 3.05) is 13.7 Å². The van der Waals surface area contributed by atoms with Crippen molar-refractivity contribution >= 4 is 5.91 Å². The number of carbonyl (C=O) groups is 1. The van der Waals surface area contributed by atoms with Gasteiger partial charge < -0.3 is 9.64 Å². The fraction of sp³-hybridized carbons (Fsp3) is 0.308. The van der Waals surface area contributed by atoms with Crippen LogP contribution < -0.4 is 4.74 Å². The Morgan fingerprint density at radius 1 is 1.53 bits per heavy atom. The van der Waals surface area contributed by atoms with E-state index in [1.54, 1.807) is 12.0 Å². The zero-order chi connectivity index (χ0) is 13.2. The summed E-state index contributed by atoms with van der Waals surface area (Å²) in [6.07, 6.45) is 2.40. The maximum atomic E-state index is 12.2. The molecular formula is C13H14N4O2. The molecule has 1 aromatic heterocycles. The first kappa shape index (κ1) is 11.7. The highest BCUT2D eigenvalue weighted by Gasteiger charge is 2.34. The Morgan fingerprint density at radius 2 is 2.42 bits per heavy atom. The number of likely N-dealkylation sites (tertiary alicyclic amines) is 1. The molecule has 0 aliphatic carbocycles. The van der Waals surface area contributed by atoms with Gasteiger partial charge in [0.1, 0.15) is 5.75 Å². The van der Waals surface area contributed by atoms with Crippen LogP contribution in [0.3, 0.4) is 0 Å². The Kier molecular flexibility index (Phi) is 2.91. The van der Waals surface area contributed by atoms with E-state index >= 15 is 0 Å². The highest BCUT2D eigenvalue weighted by Crippen LogP contribution is 2.35. The van der Waals surface area contributed by atoms with Gasteiger partial charge in [0, 0.05) is 6.54 Å². The number of rotatable bonds is 3. The van der Waals surface area contributed by atoms with Crippen molar-refractivity contribution in [2.24, 2.45) is 0 Å². The summed E-state index contributed by atoms with van der Waals surface area (Å²) in [5.74, 6) is 0.714. The third-order valence-electron chi connectivity index (χ3n) is 3.39. The van der Waals surface area contributed by atoms with E-state index in [-0.39, 0.29) is 11.9 Å². The highest BCUT2D eigenvalue weighted by atomic mass is 16.5. The van der Waals surface area contributed by atoms with Gasteiger partial charge in [0.05, 0.1) is 19.3 Å². The second kappa shape index (κ2) is 4.72. The fourth-order valence-corrected chi connectivity index (χ4v) is 2.28. The maximum Gasteiger partial charge on any atom is 0.276 e. The SMILES string of the molecule is COc1cccc([C@H]2CCN2C(=O)c2cn[nH]n2)c1. The maximum absolute atomic E-state index is 12.2. The molecule has 1 saturated heterocycles. The third kappa shape index (κ3) is 2.05. The number of hydrogen-bond acceptors (Lipinski definition) is 4. The molecule has 0 unspecified atom stereocenters. The predicted octanol–water partition coefficient (Wildman–Crippen LogP) is 1.40. The molecule has 0 bridgehead atoms. The van der Waals surface area contributed by atoms with Gasteiger partial charge in [-0.25, -0.2) is 0 Å². The van der Waals surface area contributed by atoms with Crippen LogP contribution in [0.15, 0.2) is 30.5 Å². The van der Waals surface area contributed by atoms with Crippen molar-refractivity contribution in [3.8, 4) is 5.75 Å². The standard InChI is InChI=1S/C13H14N4O2/c1-19-10-4-2-3-9(7-10)12-5-6-17(12)13(18)11-8-14-16-15-11/h2-4,7-8,12H,5-6H2,1H3,(H,14,15,16)/t12-/m1/s1. The Morgan fingerprint density at radius 3 is 3.05 bits per heavy atom. The fourth-order valence-electron chi connectivity index (χ4n) is 2.28. The van der Waals surface area contributed by atoms with Crippen LogP contribution in [0.2, 0.25) is 0 Å². The Labute approximate surface area is 110 Å². The summed E-state index contributed by atoms with van der Waals surface area (Å²) in [5, 5.41) is 9.95. The second-order valence-electron chi connectivity index (χ2n) is 4.43. The molecule has 0 radical (unpaired) electrons. The van der Waals surface area contributed by atoms with E-state index in [2.05, 4.69) is 15.4 Å². The van der Waals surface area contributed by atoms with Crippen LogP contribution in [-0.4, -0.2) is 39.9 Å². The Balaban J connectivity index is 1.80. The normalized spacial score (nSPS) is 17.9. The van der Waals surface area contributed by atoms with Crippen LogP contribution in [0, 0.1) is 0 Å². The number of carbonyl (C=O) groups excluding carboxylic acids is 1. The number of aromatic nitrogens is 3. The number of amides is 1. The average molecular weight is 258 g/mol. The molecule has 2 heterocycles. The van der Waals surface area contributed by atoms with E-state index in [0.717, 1.165) is 24.3 Å². The zero-order valence-corrected chi connectivity index (χ0v) is 10.5. The number of H-pyrrole nitrogens is 1. The number of hydrogen-bond donors (Lipinski definition) is 1. The number of nitrogens with one attached hydrogen (secondary N) is 1. The minimum atomic E-state index is -0.0900. The first-order valence-corrected chi connectivity index (χ1v) is 6.10. The summed E-state index contributed by atoms with van der Waals surface area (Å²) in [6.45, 7) is 0.744. The minimum Gasteiger partial charge on any atom is -0.497 e. The molecule has 1 aliphatic rings. The molecule has 98 valence electrons. The number of aromatic amines is 1. The van der Waals surface area contributed by atoms with E-state index in [1.807, 2.05) is 24.3 Å². The Hall–Kier alpha value is -2.37. The largest absolute Gasteiger partial charge is 0.497 e. The third-order valence-corrected chi connectivity index (χ3v) is 3.39. The highest BCUT2D eigenvalue weighted by molar-refractivity contribution is 5.92. The lowest BCUT2D eigenvalue weighted by molar-refractivity contribution is 0.0453. The van der Waals surface area contributed by atoms with Crippen molar-refractivity contribution in [1.82, 2.24) is 20.3 Å². The van der Waals surface area contributed by atoms with Gasteiger partial charge in [-0.05, 0) is 24.1 Å². The summed E-state index contributed by atoms with van der Waals surface area (Å²) in [7, 11) is 1.64. The Bertz CT molecular complexity index is 582. The molecule has 0 saturated carbocycles. The lowest BCUT2D eigenvalue weighted by atomic mass is 9.94. The number of nitrogens with zero attached hydrogens (tertiary/aromatic N) is 3. The van der Waals surface area contributed by atoms with Crippen molar-refractivity contribution in [1.29, 1.82) is 0 Å². The van der Waals surface area contributed by atoms with Crippen molar-refractivity contribution < 1.29 is 9.53 Å². The average Bonchev–Trinajstić information content (AvgIpc) is 2.91. The van der Waals surface area contributed by atoms with Crippen molar-refractivity contribution in [3.63, 3.8) is 0 Å². The molecule has 1 aromatic carbocycles. The van der Waals surface area contributed by atoms with Gasteiger partial charge in [-0.2, -0.15) is 15.4 Å². The predicted molar refractivity (Wildman–Crippen MR) is 67.8 cm³/mol. The quantitative estimate of drug-likeness (QED) is 0.903. The van der Waals surface area contributed by atoms with Crippen LogP contribution in [0.1, 0.15) is 28.5 Å². The molecule has 1 N–H and O–H groups in total. The molecule has 1 atom stereocenters. The van der Waals surface area contributed by atoms with E-state index in [0.29, 0.717) is 5.69 Å². The van der Waals surface area contributed by atoms with Gasteiger partial charge in [0.25, 0.3) is 5.91 Å². The molecule has 1 amide bonds. The van der Waals surface area contributed by atoms with Gasteiger partial charge in [0.2, 0.25) is 0 Å². The summed E-state index contributed by atoms with van der Waals surface area (Å²) in [5.41, 5.74) is 1.44. The zero-order valence-electron chi connectivity index (χ0n) is 10.5. The summed E-state index contributed by atoms with van der Waals surface area (Å²) in [4.78, 5) is 14.0. The van der Waals surface area contributed by atoms with Gasteiger partial charge >= 0.3 is 0 Å². The van der Waals surface area contributed by atoms with Gasteiger partial charge in [-0.1, -0.05) is 12.1 Å². The number of benzene rings is 1. The molecule has 6 nitrogen and oxygen atoms in total. The van der Waals surface area contributed by atoms with E-state index in [4.69, 9.17) is 4.74 Å². The van der Waals surface area contributed by atoms with Gasteiger partial charge in [0.15, 0.2) is 5.69 Å². The molecule has 3 rings (SSSR count).